The number of nitrogens with zero attached hydrogens (tertiary/aromatic N) is 3. The fourth-order valence-electron chi connectivity index (χ4n) is 4.78. The quantitative estimate of drug-likeness (QED) is 0.240. The summed E-state index contributed by atoms with van der Waals surface area (Å²) in [6, 6.07) is 16.4. The average molecular weight is 603 g/mol. The van der Waals surface area contributed by atoms with Gasteiger partial charge in [-0.2, -0.15) is 0 Å². The number of oxazole rings is 1. The van der Waals surface area contributed by atoms with Crippen molar-refractivity contribution in [3.05, 3.63) is 84.0 Å². The van der Waals surface area contributed by atoms with Crippen LogP contribution in [0.5, 0.6) is 0 Å². The fraction of sp³-hybridized carbons (Fsp3) is 0.259. The molecule has 4 aromatic rings. The number of carbonyl (C=O) groups excluding carboxylic acids is 2. The van der Waals surface area contributed by atoms with Crippen LogP contribution in [-0.4, -0.2) is 59.1 Å². The third-order valence-electron chi connectivity index (χ3n) is 6.93. The number of hydrogen-bond acceptors (Lipinski definition) is 9. The molecular weight excluding hydrogens is 576 g/mol. The van der Waals surface area contributed by atoms with Crippen molar-refractivity contribution in [3.8, 4) is 21.8 Å². The number of halogens is 1. The maximum Gasteiger partial charge on any atom is 0.245 e. The first-order valence-corrected chi connectivity index (χ1v) is 14.7. The van der Waals surface area contributed by atoms with E-state index in [0.717, 1.165) is 16.0 Å². The van der Waals surface area contributed by atoms with Crippen molar-refractivity contribution < 1.29 is 27.6 Å². The topological polar surface area (TPSA) is 143 Å². The van der Waals surface area contributed by atoms with Crippen molar-refractivity contribution in [3.63, 3.8) is 0 Å². The highest BCUT2D eigenvalue weighted by Crippen LogP contribution is 2.45. The summed E-state index contributed by atoms with van der Waals surface area (Å²) in [5.74, 6) is -0.712. The van der Waals surface area contributed by atoms with Gasteiger partial charge in [-0.1, -0.05) is 30.3 Å². The highest BCUT2D eigenvalue weighted by Gasteiger charge is 2.49. The molecular formula is C27H27ClN4O6S2. The van der Waals surface area contributed by atoms with Gasteiger partial charge in [-0.3, -0.25) is 19.8 Å². The fourth-order valence-corrected chi connectivity index (χ4v) is 8.39. The number of sulfone groups is 1. The van der Waals surface area contributed by atoms with Crippen LogP contribution in [0.25, 0.3) is 21.8 Å². The van der Waals surface area contributed by atoms with Gasteiger partial charge in [0.15, 0.2) is 22.0 Å². The lowest BCUT2D eigenvalue weighted by molar-refractivity contribution is -0.130. The third kappa shape index (κ3) is 5.94. The van der Waals surface area contributed by atoms with Crippen molar-refractivity contribution in [1.82, 2.24) is 20.3 Å². The van der Waals surface area contributed by atoms with Gasteiger partial charge in [-0.05, 0) is 36.2 Å². The van der Waals surface area contributed by atoms with Crippen LogP contribution in [0.1, 0.15) is 23.4 Å². The lowest BCUT2D eigenvalue weighted by Crippen LogP contribution is -2.41. The number of amides is 2. The highest BCUT2D eigenvalue weighted by molar-refractivity contribution is 7.92. The molecule has 1 saturated heterocycles. The van der Waals surface area contributed by atoms with Gasteiger partial charge in [0.2, 0.25) is 11.8 Å². The van der Waals surface area contributed by atoms with Gasteiger partial charge in [0.05, 0.1) is 24.8 Å². The molecule has 0 spiro atoms. The van der Waals surface area contributed by atoms with E-state index in [1.807, 2.05) is 30.3 Å². The van der Waals surface area contributed by atoms with E-state index in [9.17, 15) is 23.2 Å². The molecule has 3 aromatic heterocycles. The van der Waals surface area contributed by atoms with Crippen molar-refractivity contribution in [2.45, 2.75) is 24.0 Å². The number of rotatable bonds is 7. The number of pyridine rings is 1. The molecule has 13 heteroatoms. The molecule has 0 saturated carbocycles. The molecule has 1 fully saturated rings. The second-order valence-corrected chi connectivity index (χ2v) is 12.8. The van der Waals surface area contributed by atoms with Gasteiger partial charge in [-0.25, -0.2) is 18.9 Å². The molecule has 40 heavy (non-hydrogen) atoms. The Kier molecular flexibility index (Phi) is 9.04. The maximum atomic E-state index is 13.8. The first-order valence-electron chi connectivity index (χ1n) is 12.2. The lowest BCUT2D eigenvalue weighted by Gasteiger charge is -2.30. The summed E-state index contributed by atoms with van der Waals surface area (Å²) in [6.07, 6.45) is 4.19. The molecule has 1 atom stereocenters. The van der Waals surface area contributed by atoms with E-state index in [1.54, 1.807) is 42.1 Å². The number of benzene rings is 1. The molecule has 1 unspecified atom stereocenters. The summed E-state index contributed by atoms with van der Waals surface area (Å²) in [6.45, 7) is 0.153. The number of nitrogens with one attached hydrogen (secondary N) is 1. The highest BCUT2D eigenvalue weighted by atomic mass is 35.5. The SMILES string of the molecule is Cl.O=C(CC1(c2ccc(-c3ccc(-c4cnco4)cc3)s2)CCN(C(=O)Cc2ccccn2)CCS1(=O)=O)NO. The standard InChI is InChI=1S/C27H26N4O6S2.ClH/c32-25(30-34)16-27(10-12-31(13-14-39(27,35)36)26(33)15-21-3-1-2-11-29-21)24-9-8-23(38-24)20-6-4-19(5-7-20)22-17-28-18-37-22;/h1-9,11,17-18,34H,10,12-16H2,(H,30,32);1H. The van der Waals surface area contributed by atoms with Crippen LogP contribution in [0.2, 0.25) is 0 Å². The van der Waals surface area contributed by atoms with E-state index in [-0.39, 0.29) is 50.0 Å². The van der Waals surface area contributed by atoms with Crippen molar-refractivity contribution in [2.24, 2.45) is 0 Å². The first kappa shape index (κ1) is 29.4. The Morgan fingerprint density at radius 1 is 1.07 bits per heavy atom. The Morgan fingerprint density at radius 3 is 2.52 bits per heavy atom. The summed E-state index contributed by atoms with van der Waals surface area (Å²) in [5.41, 5.74) is 3.91. The number of aromatic nitrogens is 2. The predicted octanol–water partition coefficient (Wildman–Crippen LogP) is 3.87. The van der Waals surface area contributed by atoms with Gasteiger partial charge >= 0.3 is 0 Å². The molecule has 2 amide bonds. The number of carbonyl (C=O) groups is 2. The zero-order valence-corrected chi connectivity index (χ0v) is 23.7. The Morgan fingerprint density at radius 2 is 1.85 bits per heavy atom. The van der Waals surface area contributed by atoms with Crippen LogP contribution in [0.4, 0.5) is 0 Å². The van der Waals surface area contributed by atoms with Crippen molar-refractivity contribution >= 4 is 45.4 Å². The molecule has 0 aliphatic carbocycles. The molecule has 1 aliphatic heterocycles. The largest absolute Gasteiger partial charge is 0.444 e. The third-order valence-corrected chi connectivity index (χ3v) is 10.9. The van der Waals surface area contributed by atoms with Gasteiger partial charge in [-0.15, -0.1) is 23.7 Å². The van der Waals surface area contributed by atoms with Gasteiger partial charge in [0, 0.05) is 40.3 Å². The molecule has 4 heterocycles. The normalized spacial score (nSPS) is 18.4. The van der Waals surface area contributed by atoms with E-state index in [1.165, 1.54) is 22.6 Å². The summed E-state index contributed by atoms with van der Waals surface area (Å²) in [4.78, 5) is 36.4. The number of thiophene rings is 1. The van der Waals surface area contributed by atoms with Crippen LogP contribution in [0.15, 0.2) is 77.8 Å². The first-order chi connectivity index (χ1) is 18.8. The van der Waals surface area contributed by atoms with E-state index >= 15 is 0 Å². The van der Waals surface area contributed by atoms with Crippen LogP contribution < -0.4 is 5.48 Å². The number of hydroxylamine groups is 1. The molecule has 210 valence electrons. The second kappa shape index (κ2) is 12.3. The minimum absolute atomic E-state index is 0. The molecule has 1 aromatic carbocycles. The summed E-state index contributed by atoms with van der Waals surface area (Å²) >= 11 is 1.28. The number of hydrogen-bond donors (Lipinski definition) is 2. The predicted molar refractivity (Wildman–Crippen MR) is 152 cm³/mol. The van der Waals surface area contributed by atoms with Gasteiger partial charge in [0.1, 0.15) is 4.75 Å². The smallest absolute Gasteiger partial charge is 0.245 e. The van der Waals surface area contributed by atoms with Crippen LogP contribution in [-0.2, 0) is 30.6 Å². The molecule has 0 bridgehead atoms. The average Bonchev–Trinajstić information content (AvgIpc) is 3.64. The molecule has 1 aliphatic rings. The van der Waals surface area contributed by atoms with Gasteiger partial charge in [0.25, 0.3) is 0 Å². The summed E-state index contributed by atoms with van der Waals surface area (Å²) in [7, 11) is -3.91. The van der Waals surface area contributed by atoms with Gasteiger partial charge < -0.3 is 9.32 Å². The van der Waals surface area contributed by atoms with E-state index < -0.39 is 26.9 Å². The zero-order valence-electron chi connectivity index (χ0n) is 21.2. The Hall–Kier alpha value is -3.58. The molecule has 10 nitrogen and oxygen atoms in total. The minimum atomic E-state index is -3.91. The second-order valence-electron chi connectivity index (χ2n) is 9.26. The lowest BCUT2D eigenvalue weighted by atomic mass is 9.97. The van der Waals surface area contributed by atoms with Crippen LogP contribution in [0.3, 0.4) is 0 Å². The van der Waals surface area contributed by atoms with Crippen molar-refractivity contribution in [2.75, 3.05) is 18.8 Å². The Labute approximate surface area is 241 Å². The summed E-state index contributed by atoms with van der Waals surface area (Å²) < 4.78 is 31.3. The molecule has 0 radical (unpaired) electrons. The van der Waals surface area contributed by atoms with E-state index in [4.69, 9.17) is 4.42 Å². The zero-order chi connectivity index (χ0) is 27.5. The van der Waals surface area contributed by atoms with Crippen LogP contribution in [0, 0.1) is 0 Å². The van der Waals surface area contributed by atoms with E-state index in [2.05, 4.69) is 9.97 Å². The monoisotopic (exact) mass is 602 g/mol. The summed E-state index contributed by atoms with van der Waals surface area (Å²) in [5, 5.41) is 9.28. The van der Waals surface area contributed by atoms with Crippen molar-refractivity contribution in [1.29, 1.82) is 0 Å². The van der Waals surface area contributed by atoms with E-state index in [0.29, 0.717) is 16.3 Å². The molecule has 5 rings (SSSR count). The Balaban J connectivity index is 0.00000370. The Bertz CT molecular complexity index is 1560. The van der Waals surface area contributed by atoms with Crippen LogP contribution >= 0.6 is 23.7 Å². The molecule has 2 N–H and O–H groups in total. The minimum Gasteiger partial charge on any atom is -0.444 e. The maximum absolute atomic E-state index is 13.8.